The summed E-state index contributed by atoms with van der Waals surface area (Å²) in [6.45, 7) is 1.27. The summed E-state index contributed by atoms with van der Waals surface area (Å²) < 4.78 is 35.8. The van der Waals surface area contributed by atoms with E-state index in [9.17, 15) is 18.3 Å². The summed E-state index contributed by atoms with van der Waals surface area (Å²) in [6, 6.07) is 7.31. The molecule has 11 heteroatoms. The molecule has 166 valence electrons. The Hall–Kier alpha value is -2.89. The zero-order valence-corrected chi connectivity index (χ0v) is 17.5. The standard InChI is InChI=1S/C20H24N4O6S/c21-31(27,28)17-11-23-16-2-1-5-22-18(16)19(17)24-13-8-12(20(25)26)9-15(10-13)30-14-3-6-29-7-4-14/h1-2,5,8-10,14,17,19,23-24H,3-4,6-7,11H2,(H,25,26)(H2,21,27,28). The van der Waals surface area contributed by atoms with Gasteiger partial charge in [-0.05, 0) is 24.3 Å². The molecular formula is C20H24N4O6S. The molecule has 0 spiro atoms. The largest absolute Gasteiger partial charge is 0.490 e. The van der Waals surface area contributed by atoms with Crippen LogP contribution in [-0.2, 0) is 14.8 Å². The first-order chi connectivity index (χ1) is 14.8. The fraction of sp³-hybridized carbons (Fsp3) is 0.400. The van der Waals surface area contributed by atoms with Crippen LogP contribution in [0.3, 0.4) is 0 Å². The van der Waals surface area contributed by atoms with Crippen molar-refractivity contribution >= 4 is 27.4 Å². The summed E-state index contributed by atoms with van der Waals surface area (Å²) in [5.41, 5.74) is 1.60. The highest BCUT2D eigenvalue weighted by molar-refractivity contribution is 7.89. The molecule has 10 nitrogen and oxygen atoms in total. The number of carbonyl (C=O) groups is 1. The lowest BCUT2D eigenvalue weighted by Crippen LogP contribution is -2.45. The molecule has 2 unspecified atom stereocenters. The molecule has 5 N–H and O–H groups in total. The van der Waals surface area contributed by atoms with Gasteiger partial charge in [0.1, 0.15) is 17.1 Å². The van der Waals surface area contributed by atoms with Crippen molar-refractivity contribution < 1.29 is 27.8 Å². The smallest absolute Gasteiger partial charge is 0.335 e. The van der Waals surface area contributed by atoms with E-state index < -0.39 is 27.3 Å². The second-order valence-electron chi connectivity index (χ2n) is 7.55. The normalized spacial score (nSPS) is 21.6. The molecule has 0 aliphatic carbocycles. The van der Waals surface area contributed by atoms with Crippen molar-refractivity contribution in [2.24, 2.45) is 5.14 Å². The number of hydrogen-bond acceptors (Lipinski definition) is 8. The minimum absolute atomic E-state index is 0.0226. The van der Waals surface area contributed by atoms with Gasteiger partial charge >= 0.3 is 5.97 Å². The van der Waals surface area contributed by atoms with Crippen molar-refractivity contribution in [2.45, 2.75) is 30.2 Å². The Morgan fingerprint density at radius 3 is 2.77 bits per heavy atom. The molecule has 4 rings (SSSR count). The van der Waals surface area contributed by atoms with Crippen LogP contribution in [0.4, 0.5) is 11.4 Å². The molecule has 2 atom stereocenters. The molecule has 1 aromatic heterocycles. The van der Waals surface area contributed by atoms with Crippen molar-refractivity contribution in [2.75, 3.05) is 30.4 Å². The van der Waals surface area contributed by atoms with Gasteiger partial charge in [0.25, 0.3) is 0 Å². The molecule has 2 aliphatic rings. The summed E-state index contributed by atoms with van der Waals surface area (Å²) in [5.74, 6) is -0.732. The van der Waals surface area contributed by atoms with E-state index in [0.29, 0.717) is 48.9 Å². The van der Waals surface area contributed by atoms with Crippen LogP contribution in [0, 0.1) is 0 Å². The quantitative estimate of drug-likeness (QED) is 0.516. The van der Waals surface area contributed by atoms with Gasteiger partial charge in [-0.25, -0.2) is 18.4 Å². The number of carboxylic acids is 1. The van der Waals surface area contributed by atoms with E-state index in [-0.39, 0.29) is 18.2 Å². The number of nitrogens with two attached hydrogens (primary N) is 1. The van der Waals surface area contributed by atoms with Crippen LogP contribution >= 0.6 is 0 Å². The summed E-state index contributed by atoms with van der Waals surface area (Å²) in [6.07, 6.45) is 2.90. The zero-order valence-electron chi connectivity index (χ0n) is 16.7. The Balaban J connectivity index is 1.68. The van der Waals surface area contributed by atoms with Gasteiger partial charge in [0.15, 0.2) is 0 Å². The third-order valence-electron chi connectivity index (χ3n) is 5.37. The topological polar surface area (TPSA) is 153 Å². The summed E-state index contributed by atoms with van der Waals surface area (Å²) >= 11 is 0. The predicted molar refractivity (Wildman–Crippen MR) is 114 cm³/mol. The number of pyridine rings is 1. The van der Waals surface area contributed by atoms with Crippen LogP contribution in [0.5, 0.6) is 5.75 Å². The van der Waals surface area contributed by atoms with Crippen LogP contribution < -0.4 is 20.5 Å². The van der Waals surface area contributed by atoms with Gasteiger partial charge in [0, 0.05) is 37.3 Å². The van der Waals surface area contributed by atoms with Crippen LogP contribution in [-0.4, -0.2) is 55.6 Å². The van der Waals surface area contributed by atoms with Crippen LogP contribution in [0.15, 0.2) is 36.5 Å². The number of benzene rings is 1. The van der Waals surface area contributed by atoms with E-state index >= 15 is 0 Å². The molecule has 1 saturated heterocycles. The Bertz CT molecular complexity index is 1070. The number of fused-ring (bicyclic) bond motifs is 1. The fourth-order valence-corrected chi connectivity index (χ4v) is 4.72. The number of nitrogens with zero attached hydrogens (tertiary/aromatic N) is 1. The highest BCUT2D eigenvalue weighted by Crippen LogP contribution is 2.35. The number of rotatable bonds is 6. The molecule has 1 fully saturated rings. The van der Waals surface area contributed by atoms with E-state index in [1.54, 1.807) is 24.4 Å². The Morgan fingerprint density at radius 2 is 2.06 bits per heavy atom. The van der Waals surface area contributed by atoms with E-state index in [1.807, 2.05) is 0 Å². The SMILES string of the molecule is NS(=O)(=O)C1CNc2cccnc2C1Nc1cc(OC2CCOCC2)cc(C(=O)O)c1. The molecule has 31 heavy (non-hydrogen) atoms. The molecule has 1 aromatic carbocycles. The number of anilines is 2. The molecule has 0 saturated carbocycles. The van der Waals surface area contributed by atoms with Gasteiger partial charge in [0.2, 0.25) is 10.0 Å². The summed E-state index contributed by atoms with van der Waals surface area (Å²) in [4.78, 5) is 16.0. The number of hydrogen-bond donors (Lipinski definition) is 4. The summed E-state index contributed by atoms with van der Waals surface area (Å²) in [5, 5.41) is 20.2. The average Bonchev–Trinajstić information content (AvgIpc) is 2.73. The van der Waals surface area contributed by atoms with Gasteiger partial charge < -0.3 is 25.2 Å². The Kier molecular flexibility index (Phi) is 5.99. The number of sulfonamides is 1. The molecule has 0 radical (unpaired) electrons. The first kappa shape index (κ1) is 21.3. The minimum atomic E-state index is -3.92. The van der Waals surface area contributed by atoms with Crippen molar-refractivity contribution in [3.63, 3.8) is 0 Å². The van der Waals surface area contributed by atoms with Gasteiger partial charge in [0.05, 0.1) is 36.2 Å². The highest BCUT2D eigenvalue weighted by Gasteiger charge is 2.38. The highest BCUT2D eigenvalue weighted by atomic mass is 32.2. The zero-order chi connectivity index (χ0) is 22.0. The van der Waals surface area contributed by atoms with Crippen LogP contribution in [0.1, 0.15) is 34.9 Å². The molecule has 0 bridgehead atoms. The monoisotopic (exact) mass is 448 g/mol. The fourth-order valence-electron chi connectivity index (χ4n) is 3.83. The number of primary sulfonamides is 1. The van der Waals surface area contributed by atoms with E-state index in [4.69, 9.17) is 14.6 Å². The Labute approximate surface area is 179 Å². The molecule has 0 amide bonds. The number of aromatic carboxylic acids is 1. The number of aromatic nitrogens is 1. The lowest BCUT2D eigenvalue weighted by Gasteiger charge is -2.33. The van der Waals surface area contributed by atoms with Gasteiger partial charge in [-0.2, -0.15) is 0 Å². The number of nitrogens with one attached hydrogen (secondary N) is 2. The molecular weight excluding hydrogens is 424 g/mol. The molecule has 2 aliphatic heterocycles. The van der Waals surface area contributed by atoms with Crippen LogP contribution in [0.25, 0.3) is 0 Å². The number of carboxylic acid groups (broad SMARTS) is 1. The first-order valence-corrected chi connectivity index (χ1v) is 11.5. The second kappa shape index (κ2) is 8.69. The maximum Gasteiger partial charge on any atom is 0.335 e. The van der Waals surface area contributed by atoms with Gasteiger partial charge in [-0.15, -0.1) is 0 Å². The lowest BCUT2D eigenvalue weighted by molar-refractivity contribution is 0.0255. The first-order valence-electron chi connectivity index (χ1n) is 9.91. The van der Waals surface area contributed by atoms with E-state index in [1.165, 1.54) is 12.1 Å². The maximum atomic E-state index is 12.2. The van der Waals surface area contributed by atoms with Gasteiger partial charge in [-0.1, -0.05) is 0 Å². The molecule has 3 heterocycles. The van der Waals surface area contributed by atoms with Crippen molar-refractivity contribution in [3.8, 4) is 5.75 Å². The minimum Gasteiger partial charge on any atom is -0.490 e. The maximum absolute atomic E-state index is 12.2. The van der Waals surface area contributed by atoms with E-state index in [2.05, 4.69) is 15.6 Å². The van der Waals surface area contributed by atoms with Crippen LogP contribution in [0.2, 0.25) is 0 Å². The average molecular weight is 449 g/mol. The van der Waals surface area contributed by atoms with Gasteiger partial charge in [-0.3, -0.25) is 4.98 Å². The lowest BCUT2D eigenvalue weighted by atomic mass is 10.0. The third-order valence-corrected chi connectivity index (χ3v) is 6.65. The second-order valence-corrected chi connectivity index (χ2v) is 9.33. The Morgan fingerprint density at radius 1 is 1.29 bits per heavy atom. The van der Waals surface area contributed by atoms with Crippen molar-refractivity contribution in [1.82, 2.24) is 4.98 Å². The van der Waals surface area contributed by atoms with Crippen molar-refractivity contribution in [1.29, 1.82) is 0 Å². The van der Waals surface area contributed by atoms with E-state index in [0.717, 1.165) is 0 Å². The third kappa shape index (κ3) is 4.89. The molecule has 2 aromatic rings. The predicted octanol–water partition coefficient (Wildman–Crippen LogP) is 1.57. The van der Waals surface area contributed by atoms with Crippen molar-refractivity contribution in [3.05, 3.63) is 47.8 Å². The number of ether oxygens (including phenoxy) is 2. The summed E-state index contributed by atoms with van der Waals surface area (Å²) in [7, 11) is -3.92.